The number of nitrogens with zero attached hydrogens (tertiary/aromatic N) is 6. The van der Waals surface area contributed by atoms with Crippen LogP contribution >= 0.6 is 0 Å². The molecule has 12 aromatic rings. The van der Waals surface area contributed by atoms with Crippen molar-refractivity contribution in [2.45, 2.75) is 5.41 Å². The third-order valence-corrected chi connectivity index (χ3v) is 12.7. The van der Waals surface area contributed by atoms with Gasteiger partial charge in [-0.3, -0.25) is 4.57 Å². The Labute approximate surface area is 375 Å². The van der Waals surface area contributed by atoms with Gasteiger partial charge in [-0.05, 0) is 76.9 Å². The lowest BCUT2D eigenvalue weighted by molar-refractivity contribution is 0.745. The van der Waals surface area contributed by atoms with Crippen LogP contribution < -0.4 is 0 Å². The van der Waals surface area contributed by atoms with E-state index in [-0.39, 0.29) is 0 Å². The van der Waals surface area contributed by atoms with Crippen molar-refractivity contribution in [2.75, 3.05) is 0 Å². The van der Waals surface area contributed by atoms with Crippen molar-refractivity contribution in [1.82, 2.24) is 24.1 Å². The summed E-state index contributed by atoms with van der Waals surface area (Å²) in [4.78, 5) is 16.1. The largest absolute Gasteiger partial charge is 0.309 e. The summed E-state index contributed by atoms with van der Waals surface area (Å²) in [6, 6.07) is 82.8. The summed E-state index contributed by atoms with van der Waals surface area (Å²) in [5.41, 5.74) is 11.3. The molecule has 0 bridgehead atoms. The van der Waals surface area contributed by atoms with Crippen LogP contribution in [0.1, 0.15) is 27.8 Å². The fourth-order valence-corrected chi connectivity index (χ4v) is 9.92. The number of hydrogen-bond acceptors (Lipinski definition) is 4. The number of hydrogen-bond donors (Lipinski definition) is 0. The second-order valence-corrected chi connectivity index (χ2v) is 16.3. The summed E-state index contributed by atoms with van der Waals surface area (Å²) in [5.74, 6) is 1.63. The maximum absolute atomic E-state index is 9.80. The fraction of sp³-hybridized carbons (Fsp3) is 0.0169. The van der Waals surface area contributed by atoms with Crippen LogP contribution in [0.2, 0.25) is 0 Å². The van der Waals surface area contributed by atoms with Gasteiger partial charge in [-0.25, -0.2) is 4.98 Å². The van der Waals surface area contributed by atoms with E-state index in [9.17, 15) is 5.26 Å². The first-order valence-corrected chi connectivity index (χ1v) is 21.8. The smallest absolute Gasteiger partial charge is 0.238 e. The van der Waals surface area contributed by atoms with Crippen LogP contribution in [0.15, 0.2) is 231 Å². The predicted molar refractivity (Wildman–Crippen MR) is 262 cm³/mol. The van der Waals surface area contributed by atoms with Crippen molar-refractivity contribution in [3.8, 4) is 40.5 Å². The molecule has 9 aromatic carbocycles. The molecule has 0 radical (unpaired) electrons. The average Bonchev–Trinajstić information content (AvgIpc) is 3.90. The Morgan fingerprint density at radius 3 is 1.35 bits per heavy atom. The number of aromatic nitrogens is 5. The van der Waals surface area contributed by atoms with Gasteiger partial charge >= 0.3 is 0 Å². The van der Waals surface area contributed by atoms with Crippen molar-refractivity contribution in [3.05, 3.63) is 258 Å². The third kappa shape index (κ3) is 6.13. The molecule has 0 saturated carbocycles. The van der Waals surface area contributed by atoms with Crippen LogP contribution in [-0.2, 0) is 5.41 Å². The molecule has 0 amide bonds. The molecule has 0 aliphatic carbocycles. The van der Waals surface area contributed by atoms with Gasteiger partial charge in [-0.1, -0.05) is 176 Å². The molecule has 3 aromatic heterocycles. The summed E-state index contributed by atoms with van der Waals surface area (Å²) in [5, 5.41) is 14.2. The Bertz CT molecular complexity index is 3640. The van der Waals surface area contributed by atoms with Gasteiger partial charge in [0.05, 0.1) is 39.1 Å². The standard InChI is InChI=1S/C59H38N6/c60-39-40-34-35-55-51(36-40)50-30-12-13-31-52(50)64(55)47-27-17-19-42(38-47)57-61-56(62-58(63-57)65-53-32-14-10-28-48(53)49-29-11-15-33-54(49)65)41-18-16-26-46(37-41)59(43-20-4-1-5-21-43,44-22-6-2-7-23-44)45-24-8-3-9-25-45/h1-38H. The van der Waals surface area contributed by atoms with Crippen LogP contribution in [0, 0.1) is 11.3 Å². The van der Waals surface area contributed by atoms with Crippen LogP contribution in [-0.4, -0.2) is 24.1 Å². The first-order valence-electron chi connectivity index (χ1n) is 21.8. The van der Waals surface area contributed by atoms with Gasteiger partial charge in [0.15, 0.2) is 11.6 Å². The van der Waals surface area contributed by atoms with E-state index < -0.39 is 5.41 Å². The van der Waals surface area contributed by atoms with Gasteiger partial charge in [-0.2, -0.15) is 15.2 Å². The molecule has 3 heterocycles. The van der Waals surface area contributed by atoms with Gasteiger partial charge in [0.2, 0.25) is 5.95 Å². The second kappa shape index (κ2) is 15.5. The molecule has 0 atom stereocenters. The highest BCUT2D eigenvalue weighted by Gasteiger charge is 2.38. The number of rotatable bonds is 8. The maximum atomic E-state index is 9.80. The van der Waals surface area contributed by atoms with Crippen molar-refractivity contribution in [1.29, 1.82) is 5.26 Å². The second-order valence-electron chi connectivity index (χ2n) is 16.3. The summed E-state index contributed by atoms with van der Waals surface area (Å²) in [6.45, 7) is 0. The Morgan fingerprint density at radius 2 is 0.800 bits per heavy atom. The Hall–Kier alpha value is -8.92. The van der Waals surface area contributed by atoms with E-state index in [1.165, 1.54) is 0 Å². The summed E-state index contributed by atoms with van der Waals surface area (Å²) in [6.07, 6.45) is 0. The minimum absolute atomic E-state index is 0.527. The third-order valence-electron chi connectivity index (χ3n) is 12.7. The molecular weight excluding hydrogens is 793 g/mol. The van der Waals surface area contributed by atoms with E-state index >= 15 is 0 Å². The highest BCUT2D eigenvalue weighted by atomic mass is 15.2. The summed E-state index contributed by atoms with van der Waals surface area (Å²) < 4.78 is 4.42. The first-order chi connectivity index (χ1) is 32.2. The fourth-order valence-electron chi connectivity index (χ4n) is 9.92. The highest BCUT2D eigenvalue weighted by Crippen LogP contribution is 2.46. The lowest BCUT2D eigenvalue weighted by atomic mass is 9.65. The van der Waals surface area contributed by atoms with Gasteiger partial charge < -0.3 is 4.57 Å². The molecule has 6 nitrogen and oxygen atoms in total. The van der Waals surface area contributed by atoms with E-state index in [2.05, 4.69) is 221 Å². The van der Waals surface area contributed by atoms with Crippen molar-refractivity contribution >= 4 is 43.6 Å². The molecule has 0 unspecified atom stereocenters. The number of para-hydroxylation sites is 3. The monoisotopic (exact) mass is 830 g/mol. The number of benzene rings is 9. The lowest BCUT2D eigenvalue weighted by Crippen LogP contribution is -2.31. The molecule has 6 heteroatoms. The van der Waals surface area contributed by atoms with E-state index in [1.807, 2.05) is 24.3 Å². The van der Waals surface area contributed by atoms with Crippen LogP contribution in [0.25, 0.3) is 78.0 Å². The van der Waals surface area contributed by atoms with Crippen LogP contribution in [0.4, 0.5) is 0 Å². The Morgan fingerprint density at radius 1 is 0.354 bits per heavy atom. The number of fused-ring (bicyclic) bond motifs is 6. The molecule has 65 heavy (non-hydrogen) atoms. The van der Waals surface area contributed by atoms with Crippen molar-refractivity contribution < 1.29 is 0 Å². The summed E-state index contributed by atoms with van der Waals surface area (Å²) in [7, 11) is 0. The zero-order chi connectivity index (χ0) is 43.3. The lowest BCUT2D eigenvalue weighted by Gasteiger charge is -2.37. The van der Waals surface area contributed by atoms with Gasteiger partial charge in [0.1, 0.15) is 0 Å². The van der Waals surface area contributed by atoms with Crippen LogP contribution in [0.5, 0.6) is 0 Å². The van der Waals surface area contributed by atoms with Gasteiger partial charge in [0, 0.05) is 38.4 Å². The van der Waals surface area contributed by atoms with Crippen molar-refractivity contribution in [2.24, 2.45) is 0 Å². The highest BCUT2D eigenvalue weighted by molar-refractivity contribution is 6.10. The van der Waals surface area contributed by atoms with Crippen LogP contribution in [0.3, 0.4) is 0 Å². The number of nitriles is 1. The van der Waals surface area contributed by atoms with E-state index in [0.717, 1.165) is 82.7 Å². The first kappa shape index (κ1) is 37.8. The zero-order valence-electron chi connectivity index (χ0n) is 35.1. The Kier molecular flexibility index (Phi) is 8.99. The molecule has 0 saturated heterocycles. The van der Waals surface area contributed by atoms with E-state index in [1.54, 1.807) is 0 Å². The molecule has 0 aliphatic heterocycles. The molecule has 0 N–H and O–H groups in total. The zero-order valence-corrected chi connectivity index (χ0v) is 35.1. The van der Waals surface area contributed by atoms with E-state index in [4.69, 9.17) is 15.0 Å². The van der Waals surface area contributed by atoms with Crippen molar-refractivity contribution in [3.63, 3.8) is 0 Å². The SMILES string of the molecule is N#Cc1ccc2c(c1)c1ccccc1n2-c1cccc(-c2nc(-c3cccc(C(c4ccccc4)(c4ccccc4)c4ccccc4)c3)nc(-n3c4ccccc4c4ccccc43)n2)c1. The topological polar surface area (TPSA) is 72.3 Å². The quantitative estimate of drug-likeness (QED) is 0.143. The summed E-state index contributed by atoms with van der Waals surface area (Å²) >= 11 is 0. The van der Waals surface area contributed by atoms with Gasteiger partial charge in [0.25, 0.3) is 0 Å². The maximum Gasteiger partial charge on any atom is 0.238 e. The molecule has 0 fully saturated rings. The normalized spacial score (nSPS) is 11.7. The average molecular weight is 831 g/mol. The predicted octanol–water partition coefficient (Wildman–Crippen LogP) is 13.7. The minimum Gasteiger partial charge on any atom is -0.309 e. The van der Waals surface area contributed by atoms with E-state index in [0.29, 0.717) is 23.2 Å². The minimum atomic E-state index is -0.657. The molecule has 0 aliphatic rings. The molecule has 0 spiro atoms. The molecule has 304 valence electrons. The van der Waals surface area contributed by atoms with Gasteiger partial charge in [-0.15, -0.1) is 0 Å². The Balaban J connectivity index is 1.11. The molecule has 12 rings (SSSR count). The molecular formula is C59H38N6.